The van der Waals surface area contributed by atoms with Crippen molar-refractivity contribution in [2.24, 2.45) is 17.6 Å². The Morgan fingerprint density at radius 2 is 2.00 bits per heavy atom. The van der Waals surface area contributed by atoms with E-state index in [1.165, 1.54) is 45.2 Å². The van der Waals surface area contributed by atoms with Crippen LogP contribution in [0.15, 0.2) is 0 Å². The van der Waals surface area contributed by atoms with Gasteiger partial charge in [0.2, 0.25) is 0 Å². The molecule has 0 aromatic carbocycles. The molecule has 1 unspecified atom stereocenters. The monoisotopic (exact) mass is 198 g/mol. The summed E-state index contributed by atoms with van der Waals surface area (Å²) >= 11 is 0. The molecule has 0 aliphatic heterocycles. The molecule has 1 aliphatic rings. The van der Waals surface area contributed by atoms with E-state index in [1.54, 1.807) is 0 Å². The Bertz CT molecular complexity index is 133. The van der Waals surface area contributed by atoms with Crippen molar-refractivity contribution < 1.29 is 0 Å². The first-order valence-electron chi connectivity index (χ1n) is 6.14. The molecule has 14 heavy (non-hydrogen) atoms. The summed E-state index contributed by atoms with van der Waals surface area (Å²) in [7, 11) is 2.25. The zero-order valence-electron chi connectivity index (χ0n) is 9.84. The van der Waals surface area contributed by atoms with E-state index in [-0.39, 0.29) is 0 Å². The second-order valence-electron chi connectivity index (χ2n) is 4.88. The summed E-state index contributed by atoms with van der Waals surface area (Å²) in [5.74, 6) is 1.66. The van der Waals surface area contributed by atoms with Crippen molar-refractivity contribution in [2.75, 3.05) is 26.7 Å². The standard InChI is InChI=1S/C12H26N2/c1-3-11(8-13)9-14(2)10-12-6-4-5-7-12/h11-12H,3-10,13H2,1-2H3. The topological polar surface area (TPSA) is 29.3 Å². The van der Waals surface area contributed by atoms with Crippen LogP contribution in [0.1, 0.15) is 39.0 Å². The molecule has 2 nitrogen and oxygen atoms in total. The van der Waals surface area contributed by atoms with Crippen LogP contribution >= 0.6 is 0 Å². The maximum absolute atomic E-state index is 5.71. The lowest BCUT2D eigenvalue weighted by Gasteiger charge is -2.24. The van der Waals surface area contributed by atoms with Crippen molar-refractivity contribution in [3.8, 4) is 0 Å². The molecule has 1 saturated carbocycles. The first-order chi connectivity index (χ1) is 6.76. The number of rotatable bonds is 6. The molecule has 0 heterocycles. The molecule has 1 rings (SSSR count). The Balaban J connectivity index is 2.16. The molecule has 0 amide bonds. The van der Waals surface area contributed by atoms with Gasteiger partial charge in [0.05, 0.1) is 0 Å². The summed E-state index contributed by atoms with van der Waals surface area (Å²) in [5.41, 5.74) is 5.71. The van der Waals surface area contributed by atoms with Gasteiger partial charge in [0, 0.05) is 13.1 Å². The second-order valence-corrected chi connectivity index (χ2v) is 4.88. The predicted octanol–water partition coefficient (Wildman–Crippen LogP) is 2.09. The van der Waals surface area contributed by atoms with Crippen LogP contribution in [0.25, 0.3) is 0 Å². The molecule has 1 aliphatic carbocycles. The fourth-order valence-electron chi connectivity index (χ4n) is 2.52. The van der Waals surface area contributed by atoms with Crippen LogP contribution < -0.4 is 5.73 Å². The molecule has 0 spiro atoms. The van der Waals surface area contributed by atoms with Gasteiger partial charge in [-0.1, -0.05) is 26.2 Å². The molecule has 0 saturated heterocycles. The van der Waals surface area contributed by atoms with Crippen LogP contribution in [0.4, 0.5) is 0 Å². The highest BCUT2D eigenvalue weighted by molar-refractivity contribution is 4.72. The van der Waals surface area contributed by atoms with Crippen molar-refractivity contribution in [1.29, 1.82) is 0 Å². The van der Waals surface area contributed by atoms with Gasteiger partial charge >= 0.3 is 0 Å². The second kappa shape index (κ2) is 6.41. The molecule has 2 N–H and O–H groups in total. The van der Waals surface area contributed by atoms with Gasteiger partial charge in [0.25, 0.3) is 0 Å². The van der Waals surface area contributed by atoms with E-state index in [9.17, 15) is 0 Å². The van der Waals surface area contributed by atoms with Crippen molar-refractivity contribution in [3.05, 3.63) is 0 Å². The molecule has 0 aromatic heterocycles. The normalized spacial score (nSPS) is 20.6. The van der Waals surface area contributed by atoms with Crippen LogP contribution in [0, 0.1) is 11.8 Å². The van der Waals surface area contributed by atoms with Crippen molar-refractivity contribution >= 4 is 0 Å². The maximum Gasteiger partial charge on any atom is 0.00187 e. The van der Waals surface area contributed by atoms with E-state index >= 15 is 0 Å². The summed E-state index contributed by atoms with van der Waals surface area (Å²) in [6.45, 7) is 5.55. The highest BCUT2D eigenvalue weighted by Crippen LogP contribution is 2.25. The van der Waals surface area contributed by atoms with Gasteiger partial charge in [-0.05, 0) is 38.3 Å². The lowest BCUT2D eigenvalue weighted by atomic mass is 10.0. The lowest BCUT2D eigenvalue weighted by Crippen LogP contribution is -2.32. The highest BCUT2D eigenvalue weighted by atomic mass is 15.1. The SMILES string of the molecule is CCC(CN)CN(C)CC1CCCC1. The predicted molar refractivity (Wildman–Crippen MR) is 62.3 cm³/mol. The number of nitrogens with zero attached hydrogens (tertiary/aromatic N) is 1. The van der Waals surface area contributed by atoms with Gasteiger partial charge in [-0.2, -0.15) is 0 Å². The van der Waals surface area contributed by atoms with Crippen LogP contribution in [0.3, 0.4) is 0 Å². The van der Waals surface area contributed by atoms with Crippen LogP contribution in [-0.4, -0.2) is 31.6 Å². The third-order valence-corrected chi connectivity index (χ3v) is 3.53. The summed E-state index contributed by atoms with van der Waals surface area (Å²) in [5, 5.41) is 0. The fraction of sp³-hybridized carbons (Fsp3) is 1.00. The zero-order valence-corrected chi connectivity index (χ0v) is 9.84. The minimum Gasteiger partial charge on any atom is -0.330 e. The molecule has 2 heteroatoms. The van der Waals surface area contributed by atoms with Gasteiger partial charge in [-0.15, -0.1) is 0 Å². The Hall–Kier alpha value is -0.0800. The van der Waals surface area contributed by atoms with Gasteiger partial charge in [-0.3, -0.25) is 0 Å². The molecule has 1 atom stereocenters. The van der Waals surface area contributed by atoms with E-state index in [1.807, 2.05) is 0 Å². The molecule has 84 valence electrons. The quantitative estimate of drug-likeness (QED) is 0.708. The largest absolute Gasteiger partial charge is 0.330 e. The van der Waals surface area contributed by atoms with E-state index in [0.717, 1.165) is 12.5 Å². The Labute approximate surface area is 88.8 Å². The van der Waals surface area contributed by atoms with Crippen molar-refractivity contribution in [2.45, 2.75) is 39.0 Å². The minimum absolute atomic E-state index is 0.696. The van der Waals surface area contributed by atoms with Gasteiger partial charge in [0.1, 0.15) is 0 Å². The van der Waals surface area contributed by atoms with Gasteiger partial charge < -0.3 is 10.6 Å². The van der Waals surface area contributed by atoms with E-state index in [0.29, 0.717) is 5.92 Å². The van der Waals surface area contributed by atoms with Crippen LogP contribution in [0.2, 0.25) is 0 Å². The van der Waals surface area contributed by atoms with E-state index < -0.39 is 0 Å². The van der Waals surface area contributed by atoms with E-state index in [2.05, 4.69) is 18.9 Å². The van der Waals surface area contributed by atoms with Crippen LogP contribution in [0.5, 0.6) is 0 Å². The maximum atomic E-state index is 5.71. The third kappa shape index (κ3) is 3.97. The summed E-state index contributed by atoms with van der Waals surface area (Å²) in [6.07, 6.45) is 7.01. The Morgan fingerprint density at radius 1 is 1.36 bits per heavy atom. The average Bonchev–Trinajstić information content (AvgIpc) is 2.66. The van der Waals surface area contributed by atoms with Crippen molar-refractivity contribution in [1.82, 2.24) is 4.90 Å². The molecule has 1 fully saturated rings. The van der Waals surface area contributed by atoms with Crippen LogP contribution in [-0.2, 0) is 0 Å². The van der Waals surface area contributed by atoms with E-state index in [4.69, 9.17) is 5.73 Å². The first kappa shape index (κ1) is 12.0. The summed E-state index contributed by atoms with van der Waals surface area (Å²) < 4.78 is 0. The fourth-order valence-corrected chi connectivity index (χ4v) is 2.52. The number of nitrogens with two attached hydrogens (primary N) is 1. The van der Waals surface area contributed by atoms with Gasteiger partial charge in [0.15, 0.2) is 0 Å². The first-order valence-corrected chi connectivity index (χ1v) is 6.14. The Morgan fingerprint density at radius 3 is 2.50 bits per heavy atom. The lowest BCUT2D eigenvalue weighted by molar-refractivity contribution is 0.237. The molecule has 0 bridgehead atoms. The average molecular weight is 198 g/mol. The molecule has 0 aromatic rings. The number of hydrogen-bond donors (Lipinski definition) is 1. The summed E-state index contributed by atoms with van der Waals surface area (Å²) in [6, 6.07) is 0. The highest BCUT2D eigenvalue weighted by Gasteiger charge is 2.17. The molecular weight excluding hydrogens is 172 g/mol. The number of hydrogen-bond acceptors (Lipinski definition) is 2. The van der Waals surface area contributed by atoms with Gasteiger partial charge in [-0.25, -0.2) is 0 Å². The third-order valence-electron chi connectivity index (χ3n) is 3.53. The Kier molecular flexibility index (Phi) is 5.49. The minimum atomic E-state index is 0.696. The zero-order chi connectivity index (χ0) is 10.4. The summed E-state index contributed by atoms with van der Waals surface area (Å²) in [4.78, 5) is 2.48. The molecular formula is C12H26N2. The molecule has 0 radical (unpaired) electrons. The van der Waals surface area contributed by atoms with Crippen molar-refractivity contribution in [3.63, 3.8) is 0 Å². The smallest absolute Gasteiger partial charge is 0.00187 e.